The fourth-order valence-corrected chi connectivity index (χ4v) is 3.70. The Kier molecular flexibility index (Phi) is 5.76. The van der Waals surface area contributed by atoms with Crippen LogP contribution in [-0.4, -0.2) is 45.4 Å². The maximum atomic E-state index is 5.42. The van der Waals surface area contributed by atoms with Crippen molar-refractivity contribution in [3.05, 3.63) is 29.8 Å². The van der Waals surface area contributed by atoms with E-state index in [2.05, 4.69) is 66.1 Å². The van der Waals surface area contributed by atoms with Crippen LogP contribution in [0.25, 0.3) is 0 Å². The molecule has 5 heteroatoms. The predicted molar refractivity (Wildman–Crippen MR) is 99.1 cm³/mol. The molecule has 3 N–H and O–H groups in total. The van der Waals surface area contributed by atoms with Gasteiger partial charge in [0.05, 0.1) is 13.2 Å². The molecule has 5 nitrogen and oxygen atoms in total. The lowest BCUT2D eigenvalue weighted by Crippen LogP contribution is -2.44. The summed E-state index contributed by atoms with van der Waals surface area (Å²) in [5.41, 5.74) is 9.67. The van der Waals surface area contributed by atoms with E-state index in [1.54, 1.807) is 0 Å². The maximum Gasteiger partial charge on any atom is 0.0642 e. The number of morpholine rings is 1. The van der Waals surface area contributed by atoms with E-state index in [-0.39, 0.29) is 5.41 Å². The van der Waals surface area contributed by atoms with Gasteiger partial charge in [-0.2, -0.15) is 0 Å². The van der Waals surface area contributed by atoms with Gasteiger partial charge in [0, 0.05) is 50.4 Å². The third kappa shape index (κ3) is 4.48. The highest BCUT2D eigenvalue weighted by Crippen LogP contribution is 2.27. The van der Waals surface area contributed by atoms with Crippen molar-refractivity contribution in [3.8, 4) is 0 Å². The van der Waals surface area contributed by atoms with Gasteiger partial charge in [-0.05, 0) is 23.1 Å². The first-order valence-corrected chi connectivity index (χ1v) is 9.15. The monoisotopic (exact) mass is 332 g/mol. The van der Waals surface area contributed by atoms with Gasteiger partial charge in [-0.25, -0.2) is 0 Å². The summed E-state index contributed by atoms with van der Waals surface area (Å²) in [6.07, 6.45) is 0. The van der Waals surface area contributed by atoms with E-state index in [4.69, 9.17) is 4.74 Å². The van der Waals surface area contributed by atoms with E-state index in [0.717, 1.165) is 45.9 Å². The topological polar surface area (TPSA) is 48.6 Å². The molecule has 0 aromatic heterocycles. The van der Waals surface area contributed by atoms with Gasteiger partial charge in [-0.3, -0.25) is 10.9 Å². The van der Waals surface area contributed by atoms with Crippen LogP contribution < -0.4 is 21.1 Å². The molecule has 2 atom stereocenters. The smallest absolute Gasteiger partial charge is 0.0642 e. The molecular formula is C19H32N4O. The van der Waals surface area contributed by atoms with Gasteiger partial charge in [0.15, 0.2) is 0 Å². The number of benzene rings is 1. The molecule has 2 aliphatic rings. The quantitative estimate of drug-likeness (QED) is 0.767. The van der Waals surface area contributed by atoms with Crippen molar-refractivity contribution >= 4 is 5.69 Å². The van der Waals surface area contributed by atoms with Crippen molar-refractivity contribution in [3.63, 3.8) is 0 Å². The van der Waals surface area contributed by atoms with Crippen LogP contribution in [0.5, 0.6) is 0 Å². The molecule has 0 bridgehead atoms. The molecule has 134 valence electrons. The molecule has 3 rings (SSSR count). The van der Waals surface area contributed by atoms with Gasteiger partial charge in [0.25, 0.3) is 0 Å². The molecule has 0 amide bonds. The summed E-state index contributed by atoms with van der Waals surface area (Å²) in [7, 11) is 0. The summed E-state index contributed by atoms with van der Waals surface area (Å²) < 4.78 is 5.42. The third-order valence-corrected chi connectivity index (χ3v) is 5.07. The van der Waals surface area contributed by atoms with Crippen molar-refractivity contribution < 1.29 is 4.74 Å². The number of hydrazine groups is 1. The minimum absolute atomic E-state index is 0.273. The standard InChI is InChI=1S/C19H32N4O/c1-19(2,3)18-16(14-21-22-18)13-20-12-15-4-6-17(7-5-15)23-8-10-24-11-9-23/h4-7,16,18,20-22H,8-14H2,1-3H3. The number of hydrogen-bond acceptors (Lipinski definition) is 5. The van der Waals surface area contributed by atoms with Gasteiger partial charge in [0.1, 0.15) is 0 Å². The van der Waals surface area contributed by atoms with Gasteiger partial charge in [-0.15, -0.1) is 0 Å². The fraction of sp³-hybridized carbons (Fsp3) is 0.684. The van der Waals surface area contributed by atoms with Crippen LogP contribution >= 0.6 is 0 Å². The molecule has 24 heavy (non-hydrogen) atoms. The highest BCUT2D eigenvalue weighted by molar-refractivity contribution is 5.47. The van der Waals surface area contributed by atoms with Crippen LogP contribution in [0, 0.1) is 11.3 Å². The molecule has 2 heterocycles. The van der Waals surface area contributed by atoms with Crippen LogP contribution in [0.3, 0.4) is 0 Å². The Balaban J connectivity index is 1.46. The average molecular weight is 332 g/mol. The van der Waals surface area contributed by atoms with Crippen LogP contribution in [0.4, 0.5) is 5.69 Å². The zero-order valence-electron chi connectivity index (χ0n) is 15.3. The Morgan fingerprint density at radius 2 is 1.88 bits per heavy atom. The molecule has 1 aromatic carbocycles. The Bertz CT molecular complexity index is 505. The Morgan fingerprint density at radius 1 is 1.17 bits per heavy atom. The Labute approximate surface area is 146 Å². The van der Waals surface area contributed by atoms with E-state index < -0.39 is 0 Å². The summed E-state index contributed by atoms with van der Waals surface area (Å²) in [4.78, 5) is 2.39. The second-order valence-corrected chi connectivity index (χ2v) is 8.03. The molecule has 2 unspecified atom stereocenters. The van der Waals surface area contributed by atoms with E-state index in [0.29, 0.717) is 12.0 Å². The van der Waals surface area contributed by atoms with Gasteiger partial charge < -0.3 is 15.0 Å². The van der Waals surface area contributed by atoms with Crippen LogP contribution in [-0.2, 0) is 11.3 Å². The van der Waals surface area contributed by atoms with E-state index in [1.807, 2.05) is 0 Å². The summed E-state index contributed by atoms with van der Waals surface area (Å²) in [5, 5.41) is 3.63. The second kappa shape index (κ2) is 7.83. The normalized spacial score (nSPS) is 25.2. The second-order valence-electron chi connectivity index (χ2n) is 8.03. The molecule has 0 radical (unpaired) electrons. The number of ether oxygens (including phenoxy) is 1. The Morgan fingerprint density at radius 3 is 2.54 bits per heavy atom. The average Bonchev–Trinajstić information content (AvgIpc) is 3.05. The minimum Gasteiger partial charge on any atom is -0.378 e. The zero-order valence-corrected chi connectivity index (χ0v) is 15.3. The Hall–Kier alpha value is -1.14. The summed E-state index contributed by atoms with van der Waals surface area (Å²) >= 11 is 0. The van der Waals surface area contributed by atoms with Crippen molar-refractivity contribution in [2.75, 3.05) is 44.3 Å². The van der Waals surface area contributed by atoms with Gasteiger partial charge in [-0.1, -0.05) is 32.9 Å². The van der Waals surface area contributed by atoms with Crippen LogP contribution in [0.15, 0.2) is 24.3 Å². The highest BCUT2D eigenvalue weighted by Gasteiger charge is 2.35. The zero-order chi connectivity index (χ0) is 17.0. The number of rotatable bonds is 5. The van der Waals surface area contributed by atoms with Crippen LogP contribution in [0.2, 0.25) is 0 Å². The maximum absolute atomic E-state index is 5.42. The SMILES string of the molecule is CC(C)(C)C1NNCC1CNCc1ccc(N2CCOCC2)cc1. The number of anilines is 1. The van der Waals surface area contributed by atoms with E-state index in [1.165, 1.54) is 11.3 Å². The molecule has 1 aromatic rings. The predicted octanol–water partition coefficient (Wildman–Crippen LogP) is 1.75. The largest absolute Gasteiger partial charge is 0.378 e. The van der Waals surface area contributed by atoms with Crippen molar-refractivity contribution in [2.24, 2.45) is 11.3 Å². The lowest BCUT2D eigenvalue weighted by molar-refractivity contribution is 0.122. The van der Waals surface area contributed by atoms with E-state index in [9.17, 15) is 0 Å². The highest BCUT2D eigenvalue weighted by atomic mass is 16.5. The van der Waals surface area contributed by atoms with Crippen LogP contribution in [0.1, 0.15) is 26.3 Å². The third-order valence-electron chi connectivity index (χ3n) is 5.07. The number of hydrogen-bond donors (Lipinski definition) is 3. The molecule has 0 saturated carbocycles. The fourth-order valence-electron chi connectivity index (χ4n) is 3.70. The lowest BCUT2D eigenvalue weighted by Gasteiger charge is -2.31. The first kappa shape index (κ1) is 17.7. The van der Waals surface area contributed by atoms with Gasteiger partial charge in [0.2, 0.25) is 0 Å². The molecular weight excluding hydrogens is 300 g/mol. The first-order chi connectivity index (χ1) is 11.5. The van der Waals surface area contributed by atoms with Gasteiger partial charge >= 0.3 is 0 Å². The lowest BCUT2D eigenvalue weighted by atomic mass is 9.80. The molecule has 2 aliphatic heterocycles. The minimum atomic E-state index is 0.273. The molecule has 2 saturated heterocycles. The summed E-state index contributed by atoms with van der Waals surface area (Å²) in [5.74, 6) is 0.623. The van der Waals surface area contributed by atoms with Crippen molar-refractivity contribution in [1.82, 2.24) is 16.2 Å². The number of nitrogens with one attached hydrogen (secondary N) is 3. The van der Waals surface area contributed by atoms with Crippen molar-refractivity contribution in [2.45, 2.75) is 33.4 Å². The molecule has 2 fully saturated rings. The first-order valence-electron chi connectivity index (χ1n) is 9.15. The summed E-state index contributed by atoms with van der Waals surface area (Å²) in [6.45, 7) is 13.6. The van der Waals surface area contributed by atoms with E-state index >= 15 is 0 Å². The number of nitrogens with zero attached hydrogens (tertiary/aromatic N) is 1. The molecule has 0 aliphatic carbocycles. The molecule has 0 spiro atoms. The van der Waals surface area contributed by atoms with Crippen molar-refractivity contribution in [1.29, 1.82) is 0 Å². The summed E-state index contributed by atoms with van der Waals surface area (Å²) in [6, 6.07) is 9.46.